The highest BCUT2D eigenvalue weighted by Crippen LogP contribution is 1.99. The molecule has 10 N–H and O–H groups in total. The van der Waals surface area contributed by atoms with Crippen LogP contribution in [0.3, 0.4) is 0 Å². The summed E-state index contributed by atoms with van der Waals surface area (Å²) in [6.07, 6.45) is -3.23. The Morgan fingerprint density at radius 1 is 0.857 bits per heavy atom. The molecule has 0 spiro atoms. The number of hydrogen-bond donors (Lipinski definition) is 8. The SMILES string of the molecule is CC(NC(=O)C(NC(=O)C(N)C(C)O)C(C)O)C(=O)NC(CC(N)=O)C(=O)O. The molecule has 0 aromatic carbocycles. The Hall–Kier alpha value is -2.77. The third-order valence-corrected chi connectivity index (χ3v) is 3.66. The molecule has 0 saturated heterocycles. The zero-order valence-electron chi connectivity index (χ0n) is 15.7. The summed E-state index contributed by atoms with van der Waals surface area (Å²) < 4.78 is 0. The number of carbonyl (C=O) groups is 5. The highest BCUT2D eigenvalue weighted by atomic mass is 16.4. The number of nitrogens with two attached hydrogens (primary N) is 2. The Bertz CT molecular complexity index is 609. The number of hydrogen-bond acceptors (Lipinski definition) is 8. The van der Waals surface area contributed by atoms with E-state index in [2.05, 4.69) is 10.6 Å². The molecule has 0 radical (unpaired) electrons. The first-order valence-corrected chi connectivity index (χ1v) is 8.31. The lowest BCUT2D eigenvalue weighted by molar-refractivity contribution is -0.143. The maximum absolute atomic E-state index is 12.3. The minimum absolute atomic E-state index is 0.647. The van der Waals surface area contributed by atoms with Crippen molar-refractivity contribution in [3.05, 3.63) is 0 Å². The second-order valence-electron chi connectivity index (χ2n) is 6.29. The Labute approximate surface area is 160 Å². The molecule has 0 fully saturated rings. The predicted molar refractivity (Wildman–Crippen MR) is 94.3 cm³/mol. The predicted octanol–water partition coefficient (Wildman–Crippen LogP) is -4.49. The summed E-state index contributed by atoms with van der Waals surface area (Å²) in [5.41, 5.74) is 10.4. The van der Waals surface area contributed by atoms with Crippen LogP contribution in [0.4, 0.5) is 0 Å². The van der Waals surface area contributed by atoms with Gasteiger partial charge in [0.15, 0.2) is 0 Å². The molecule has 13 heteroatoms. The Balaban J connectivity index is 5.01. The van der Waals surface area contributed by atoms with Gasteiger partial charge in [0.05, 0.1) is 18.6 Å². The van der Waals surface area contributed by atoms with Gasteiger partial charge in [0.25, 0.3) is 0 Å². The summed E-state index contributed by atoms with van der Waals surface area (Å²) >= 11 is 0. The van der Waals surface area contributed by atoms with Gasteiger partial charge in [-0.25, -0.2) is 4.79 Å². The van der Waals surface area contributed by atoms with Gasteiger partial charge >= 0.3 is 5.97 Å². The monoisotopic (exact) mass is 405 g/mol. The third kappa shape index (κ3) is 8.28. The highest BCUT2D eigenvalue weighted by Gasteiger charge is 2.31. The Kier molecular flexibility index (Phi) is 10.1. The molecule has 6 atom stereocenters. The number of carbonyl (C=O) groups excluding carboxylic acids is 4. The van der Waals surface area contributed by atoms with Gasteiger partial charge in [0.2, 0.25) is 23.6 Å². The minimum Gasteiger partial charge on any atom is -0.480 e. The molecule has 4 amide bonds. The van der Waals surface area contributed by atoms with E-state index >= 15 is 0 Å². The number of carboxylic acids is 1. The second kappa shape index (κ2) is 11.2. The lowest BCUT2D eigenvalue weighted by atomic mass is 10.1. The number of rotatable bonds is 11. The van der Waals surface area contributed by atoms with Crippen molar-refractivity contribution < 1.29 is 39.3 Å². The quantitative estimate of drug-likeness (QED) is 0.165. The fourth-order valence-corrected chi connectivity index (χ4v) is 1.94. The van der Waals surface area contributed by atoms with E-state index in [1.165, 1.54) is 20.8 Å². The van der Waals surface area contributed by atoms with E-state index in [4.69, 9.17) is 16.6 Å². The third-order valence-electron chi connectivity index (χ3n) is 3.66. The van der Waals surface area contributed by atoms with Crippen molar-refractivity contribution in [3.63, 3.8) is 0 Å². The summed E-state index contributed by atoms with van der Waals surface area (Å²) in [6.45, 7) is 3.69. The minimum atomic E-state index is -1.58. The van der Waals surface area contributed by atoms with Crippen LogP contribution in [0.15, 0.2) is 0 Å². The molecule has 0 aliphatic rings. The molecular weight excluding hydrogens is 378 g/mol. The van der Waals surface area contributed by atoms with Crippen molar-refractivity contribution in [2.75, 3.05) is 0 Å². The van der Waals surface area contributed by atoms with E-state index < -0.39 is 72.4 Å². The molecule has 0 heterocycles. The van der Waals surface area contributed by atoms with Crippen molar-refractivity contribution in [2.45, 2.75) is 63.6 Å². The maximum atomic E-state index is 12.3. The average Bonchev–Trinajstić information content (AvgIpc) is 2.56. The van der Waals surface area contributed by atoms with E-state index in [0.717, 1.165) is 0 Å². The van der Waals surface area contributed by atoms with Crippen LogP contribution in [-0.2, 0) is 24.0 Å². The molecule has 0 aliphatic heterocycles. The summed E-state index contributed by atoms with van der Waals surface area (Å²) in [4.78, 5) is 58.1. The molecule has 0 rings (SSSR count). The molecule has 0 bridgehead atoms. The van der Waals surface area contributed by atoms with Crippen LogP contribution >= 0.6 is 0 Å². The molecule has 0 aliphatic carbocycles. The summed E-state index contributed by atoms with van der Waals surface area (Å²) in [5.74, 6) is -5.23. The van der Waals surface area contributed by atoms with Crippen molar-refractivity contribution in [1.82, 2.24) is 16.0 Å². The Morgan fingerprint density at radius 3 is 1.79 bits per heavy atom. The average molecular weight is 405 g/mol. The lowest BCUT2D eigenvalue weighted by Crippen LogP contribution is -2.60. The van der Waals surface area contributed by atoms with Gasteiger partial charge in [-0.05, 0) is 20.8 Å². The van der Waals surface area contributed by atoms with Crippen LogP contribution in [0.5, 0.6) is 0 Å². The summed E-state index contributed by atoms with van der Waals surface area (Å²) in [7, 11) is 0. The first kappa shape index (κ1) is 25.2. The van der Waals surface area contributed by atoms with Crippen LogP contribution < -0.4 is 27.4 Å². The molecular formula is C15H27N5O8. The van der Waals surface area contributed by atoms with E-state index in [1.807, 2.05) is 5.32 Å². The van der Waals surface area contributed by atoms with Crippen LogP contribution in [0.1, 0.15) is 27.2 Å². The number of amides is 4. The number of primary amides is 1. The molecule has 160 valence electrons. The van der Waals surface area contributed by atoms with E-state index in [-0.39, 0.29) is 0 Å². The number of nitrogens with one attached hydrogen (secondary N) is 3. The van der Waals surface area contributed by atoms with Crippen molar-refractivity contribution >= 4 is 29.6 Å². The molecule has 0 aromatic heterocycles. The van der Waals surface area contributed by atoms with Crippen LogP contribution in [0, 0.1) is 0 Å². The van der Waals surface area contributed by atoms with Crippen LogP contribution in [-0.4, -0.2) is 81.3 Å². The first-order valence-electron chi connectivity index (χ1n) is 8.31. The fraction of sp³-hybridized carbons (Fsp3) is 0.667. The fourth-order valence-electron chi connectivity index (χ4n) is 1.94. The largest absolute Gasteiger partial charge is 0.480 e. The normalized spacial score (nSPS) is 17.2. The zero-order valence-corrected chi connectivity index (χ0v) is 15.7. The van der Waals surface area contributed by atoms with E-state index in [0.29, 0.717) is 0 Å². The van der Waals surface area contributed by atoms with Crippen molar-refractivity contribution in [2.24, 2.45) is 11.5 Å². The van der Waals surface area contributed by atoms with Crippen molar-refractivity contribution in [3.8, 4) is 0 Å². The smallest absolute Gasteiger partial charge is 0.326 e. The molecule has 13 nitrogen and oxygen atoms in total. The van der Waals surface area contributed by atoms with E-state index in [9.17, 15) is 34.2 Å². The van der Waals surface area contributed by atoms with Gasteiger partial charge in [-0.3, -0.25) is 19.2 Å². The zero-order chi connectivity index (χ0) is 22.2. The van der Waals surface area contributed by atoms with E-state index in [1.54, 1.807) is 0 Å². The van der Waals surface area contributed by atoms with Gasteiger partial charge in [-0.2, -0.15) is 0 Å². The number of aliphatic hydroxyl groups is 2. The second-order valence-corrected chi connectivity index (χ2v) is 6.29. The molecule has 0 aromatic rings. The molecule has 0 saturated carbocycles. The molecule has 6 unspecified atom stereocenters. The lowest BCUT2D eigenvalue weighted by Gasteiger charge is -2.25. The van der Waals surface area contributed by atoms with Crippen LogP contribution in [0.25, 0.3) is 0 Å². The first-order chi connectivity index (χ1) is 12.8. The van der Waals surface area contributed by atoms with Gasteiger partial charge in [0, 0.05) is 0 Å². The van der Waals surface area contributed by atoms with Gasteiger partial charge in [-0.15, -0.1) is 0 Å². The number of aliphatic carboxylic acids is 1. The maximum Gasteiger partial charge on any atom is 0.326 e. The standard InChI is InChI=1S/C15H27N5O8/c1-5(12(24)19-8(15(27)28)4-9(16)23)18-14(26)11(7(3)22)20-13(25)10(17)6(2)21/h5-8,10-11,21-22H,4,17H2,1-3H3,(H2,16,23)(H,18,26)(H,19,24)(H,20,25)(H,27,28). The number of carboxylic acid groups (broad SMARTS) is 1. The van der Waals surface area contributed by atoms with Crippen molar-refractivity contribution in [1.29, 1.82) is 0 Å². The topological polar surface area (TPSA) is 234 Å². The highest BCUT2D eigenvalue weighted by molar-refractivity contribution is 5.95. The van der Waals surface area contributed by atoms with Gasteiger partial charge in [-0.1, -0.05) is 0 Å². The summed E-state index contributed by atoms with van der Waals surface area (Å²) in [5, 5.41) is 34.4. The molecule has 28 heavy (non-hydrogen) atoms. The van der Waals surface area contributed by atoms with Gasteiger partial charge < -0.3 is 42.7 Å². The number of aliphatic hydroxyl groups excluding tert-OH is 2. The summed E-state index contributed by atoms with van der Waals surface area (Å²) in [6, 6.07) is -5.69. The Morgan fingerprint density at radius 2 is 1.39 bits per heavy atom. The van der Waals surface area contributed by atoms with Crippen LogP contribution in [0.2, 0.25) is 0 Å². The van der Waals surface area contributed by atoms with Gasteiger partial charge in [0.1, 0.15) is 24.2 Å².